The molecule has 0 amide bonds. The van der Waals surface area contributed by atoms with Crippen molar-refractivity contribution in [3.8, 4) is 11.5 Å². The largest absolute Gasteiger partial charge is 0.507 e. The van der Waals surface area contributed by atoms with Crippen LogP contribution in [0.2, 0.25) is 0 Å². The van der Waals surface area contributed by atoms with Crippen molar-refractivity contribution in [2.45, 2.75) is 27.7 Å². The lowest BCUT2D eigenvalue weighted by Gasteiger charge is -2.14. The molecule has 6 heteroatoms. The number of phenolic OH excluding ortho intramolecular Hbond substituents is 2. The molecule has 0 fully saturated rings. The molecule has 128 valence electrons. The van der Waals surface area contributed by atoms with Gasteiger partial charge >= 0.3 is 0 Å². The van der Waals surface area contributed by atoms with Gasteiger partial charge in [0, 0.05) is 51.3 Å². The first-order valence-corrected chi connectivity index (χ1v) is 10.3. The summed E-state index contributed by atoms with van der Waals surface area (Å²) >= 11 is 14.2. The molecule has 0 spiro atoms. The highest BCUT2D eigenvalue weighted by Gasteiger charge is 2.17. The molecule has 0 aliphatic rings. The summed E-state index contributed by atoms with van der Waals surface area (Å²) in [6, 6.07) is 0. The second-order valence-corrected chi connectivity index (χ2v) is 8.79. The lowest BCUT2D eigenvalue weighted by atomic mass is 10.0. The first-order valence-electron chi connectivity index (χ1n) is 7.11. The highest BCUT2D eigenvalue weighted by molar-refractivity contribution is 9.11. The highest BCUT2D eigenvalue weighted by atomic mass is 79.9. The zero-order chi connectivity index (χ0) is 18.3. The van der Waals surface area contributed by atoms with Gasteiger partial charge in [0.25, 0.3) is 0 Å². The summed E-state index contributed by atoms with van der Waals surface area (Å²) in [6.45, 7) is 7.49. The molecule has 0 saturated carbocycles. The van der Waals surface area contributed by atoms with E-state index in [2.05, 4.69) is 63.7 Å². The molecule has 0 aliphatic heterocycles. The average molecular weight is 584 g/mol. The van der Waals surface area contributed by atoms with Gasteiger partial charge in [-0.1, -0.05) is 12.2 Å². The third-order valence-corrected chi connectivity index (χ3v) is 8.19. The zero-order valence-electron chi connectivity index (χ0n) is 13.6. The van der Waals surface area contributed by atoms with Crippen molar-refractivity contribution in [3.63, 3.8) is 0 Å². The molecule has 0 unspecified atom stereocenters. The van der Waals surface area contributed by atoms with Gasteiger partial charge in [0.2, 0.25) is 0 Å². The van der Waals surface area contributed by atoms with Crippen LogP contribution in [0.5, 0.6) is 11.5 Å². The summed E-state index contributed by atoms with van der Waals surface area (Å²) in [6.07, 6.45) is 3.96. The number of benzene rings is 2. The molecule has 2 aromatic carbocycles. The summed E-state index contributed by atoms with van der Waals surface area (Å²) in [5, 5.41) is 20.3. The van der Waals surface area contributed by atoms with E-state index in [1.54, 1.807) is 0 Å². The third-order valence-electron chi connectivity index (χ3n) is 4.10. The van der Waals surface area contributed by atoms with E-state index in [4.69, 9.17) is 0 Å². The van der Waals surface area contributed by atoms with Crippen LogP contribution in [-0.4, -0.2) is 10.2 Å². The Kier molecular flexibility index (Phi) is 6.27. The number of phenols is 2. The molecule has 0 saturated heterocycles. The molecular formula is C18H16Br4O2. The first kappa shape index (κ1) is 20.0. The molecular weight excluding hydrogens is 568 g/mol. The van der Waals surface area contributed by atoms with E-state index < -0.39 is 0 Å². The molecule has 0 heterocycles. The van der Waals surface area contributed by atoms with Crippen molar-refractivity contribution in [3.05, 3.63) is 51.3 Å². The van der Waals surface area contributed by atoms with Crippen LogP contribution >= 0.6 is 63.7 Å². The van der Waals surface area contributed by atoms with Crippen LogP contribution in [0.3, 0.4) is 0 Å². The lowest BCUT2D eigenvalue weighted by Crippen LogP contribution is -1.92. The fourth-order valence-corrected chi connectivity index (χ4v) is 5.04. The van der Waals surface area contributed by atoms with E-state index in [0.29, 0.717) is 0 Å². The Morgan fingerprint density at radius 2 is 0.750 bits per heavy atom. The van der Waals surface area contributed by atoms with Crippen molar-refractivity contribution in [2.24, 2.45) is 0 Å². The van der Waals surface area contributed by atoms with Gasteiger partial charge in [0.05, 0.1) is 0 Å². The minimum absolute atomic E-state index is 0.282. The molecule has 2 nitrogen and oxygen atoms in total. The normalized spacial score (nSPS) is 11.5. The van der Waals surface area contributed by atoms with E-state index in [1.165, 1.54) is 0 Å². The van der Waals surface area contributed by atoms with E-state index in [1.807, 2.05) is 39.8 Å². The van der Waals surface area contributed by atoms with Gasteiger partial charge in [-0.2, -0.15) is 0 Å². The SMILES string of the molecule is Cc1c(O)c(C)c(Br)c(C=Cc2c(Br)c(C)c(O)c(C)c2Br)c1Br. The maximum Gasteiger partial charge on any atom is 0.123 e. The van der Waals surface area contributed by atoms with Gasteiger partial charge < -0.3 is 10.2 Å². The number of aromatic hydroxyl groups is 2. The summed E-state index contributed by atoms with van der Waals surface area (Å²) in [4.78, 5) is 0. The average Bonchev–Trinajstić information content (AvgIpc) is 2.57. The molecule has 0 bridgehead atoms. The summed E-state index contributed by atoms with van der Waals surface area (Å²) < 4.78 is 3.36. The first-order chi connectivity index (χ1) is 11.1. The quantitative estimate of drug-likeness (QED) is 0.358. The Bertz CT molecular complexity index is 741. The van der Waals surface area contributed by atoms with Crippen LogP contribution in [0.1, 0.15) is 33.4 Å². The Hall–Kier alpha value is -0.300. The fourth-order valence-electron chi connectivity index (χ4n) is 2.44. The van der Waals surface area contributed by atoms with E-state index in [-0.39, 0.29) is 11.5 Å². The predicted octanol–water partition coefficient (Wildman–Crippen LogP) is 7.55. The van der Waals surface area contributed by atoms with Gasteiger partial charge in [0.15, 0.2) is 0 Å². The van der Waals surface area contributed by atoms with E-state index >= 15 is 0 Å². The summed E-state index contributed by atoms with van der Waals surface area (Å²) in [7, 11) is 0. The minimum Gasteiger partial charge on any atom is -0.507 e. The van der Waals surface area contributed by atoms with Crippen LogP contribution in [0.25, 0.3) is 12.2 Å². The Balaban J connectivity index is 2.67. The minimum atomic E-state index is 0.282. The van der Waals surface area contributed by atoms with Gasteiger partial charge in [-0.25, -0.2) is 0 Å². The lowest BCUT2D eigenvalue weighted by molar-refractivity contribution is 0.465. The molecule has 0 aromatic heterocycles. The molecule has 2 N–H and O–H groups in total. The third kappa shape index (κ3) is 3.35. The Morgan fingerprint density at radius 3 is 0.958 bits per heavy atom. The van der Waals surface area contributed by atoms with Crippen LogP contribution in [0, 0.1) is 27.7 Å². The van der Waals surface area contributed by atoms with Crippen LogP contribution in [0.4, 0.5) is 0 Å². The maximum atomic E-state index is 10.1. The monoisotopic (exact) mass is 580 g/mol. The van der Waals surface area contributed by atoms with Crippen LogP contribution in [-0.2, 0) is 0 Å². The molecule has 0 atom stereocenters. The van der Waals surface area contributed by atoms with Gasteiger partial charge in [0.1, 0.15) is 11.5 Å². The molecule has 2 aromatic rings. The smallest absolute Gasteiger partial charge is 0.123 e. The van der Waals surface area contributed by atoms with Crippen LogP contribution in [0.15, 0.2) is 17.9 Å². The second kappa shape index (κ2) is 7.52. The molecule has 2 rings (SSSR count). The molecule has 0 radical (unpaired) electrons. The highest BCUT2D eigenvalue weighted by Crippen LogP contribution is 2.42. The van der Waals surface area contributed by atoms with Crippen molar-refractivity contribution >= 4 is 75.9 Å². The topological polar surface area (TPSA) is 40.5 Å². The standard InChI is InChI=1S/C18H16Br4O2/c1-7-13(19)11(14(20)8(2)17(7)23)5-6-12-15(21)9(3)18(24)10(4)16(12)22/h5-6,23-24H,1-4H3. The van der Waals surface area contributed by atoms with Gasteiger partial charge in [-0.15, -0.1) is 0 Å². The van der Waals surface area contributed by atoms with Crippen molar-refractivity contribution in [2.75, 3.05) is 0 Å². The van der Waals surface area contributed by atoms with Crippen molar-refractivity contribution in [1.82, 2.24) is 0 Å². The second-order valence-electron chi connectivity index (χ2n) is 5.61. The maximum absolute atomic E-state index is 10.1. The number of halogens is 4. The fraction of sp³-hybridized carbons (Fsp3) is 0.222. The Labute approximate surface area is 175 Å². The van der Waals surface area contributed by atoms with E-state index in [0.717, 1.165) is 51.3 Å². The predicted molar refractivity (Wildman–Crippen MR) is 115 cm³/mol. The van der Waals surface area contributed by atoms with Crippen LogP contribution < -0.4 is 0 Å². The number of rotatable bonds is 2. The van der Waals surface area contributed by atoms with Gasteiger partial charge in [-0.3, -0.25) is 0 Å². The molecule has 0 aliphatic carbocycles. The van der Waals surface area contributed by atoms with Crippen molar-refractivity contribution < 1.29 is 10.2 Å². The number of hydrogen-bond donors (Lipinski definition) is 2. The summed E-state index contributed by atoms with van der Waals surface area (Å²) in [5.41, 5.74) is 5.09. The molecule has 24 heavy (non-hydrogen) atoms. The Morgan fingerprint density at radius 1 is 0.542 bits per heavy atom. The van der Waals surface area contributed by atoms with E-state index in [9.17, 15) is 10.2 Å². The van der Waals surface area contributed by atoms with Gasteiger partial charge in [-0.05, 0) is 91.4 Å². The number of hydrogen-bond acceptors (Lipinski definition) is 2. The zero-order valence-corrected chi connectivity index (χ0v) is 19.9. The summed E-state index contributed by atoms with van der Waals surface area (Å²) in [5.74, 6) is 0.564. The van der Waals surface area contributed by atoms with Crippen molar-refractivity contribution in [1.29, 1.82) is 0 Å².